The van der Waals surface area contributed by atoms with E-state index in [0.717, 1.165) is 49.4 Å². The van der Waals surface area contributed by atoms with Crippen LogP contribution >= 0.6 is 0 Å². The minimum Gasteiger partial charge on any atom is -0.494 e. The molecule has 1 aromatic rings. The van der Waals surface area contributed by atoms with Gasteiger partial charge >= 0.3 is 6.03 Å². The molecular weight excluding hydrogens is 318 g/mol. The molecule has 2 aliphatic rings. The second kappa shape index (κ2) is 7.76. The average molecular weight is 345 g/mol. The predicted molar refractivity (Wildman–Crippen MR) is 96.9 cm³/mol. The molecule has 6 heteroatoms. The zero-order chi connectivity index (χ0) is 17.8. The highest BCUT2D eigenvalue weighted by molar-refractivity contribution is 5.89. The second-order valence-corrected chi connectivity index (χ2v) is 6.78. The van der Waals surface area contributed by atoms with Crippen LogP contribution in [-0.4, -0.2) is 54.0 Å². The van der Waals surface area contributed by atoms with Crippen molar-refractivity contribution in [3.8, 4) is 5.75 Å². The van der Waals surface area contributed by atoms with Gasteiger partial charge in [-0.25, -0.2) is 4.79 Å². The van der Waals surface area contributed by atoms with Crippen LogP contribution in [0.3, 0.4) is 0 Å². The highest BCUT2D eigenvalue weighted by atomic mass is 16.5. The Bertz CT molecular complexity index is 647. The van der Waals surface area contributed by atoms with E-state index in [-0.39, 0.29) is 18.0 Å². The number of carbonyl (C=O) groups excluding carboxylic acids is 2. The molecule has 1 unspecified atom stereocenters. The largest absolute Gasteiger partial charge is 0.494 e. The van der Waals surface area contributed by atoms with Gasteiger partial charge in [-0.2, -0.15) is 0 Å². The number of piperidine rings is 1. The van der Waals surface area contributed by atoms with Crippen molar-refractivity contribution in [2.24, 2.45) is 0 Å². The van der Waals surface area contributed by atoms with E-state index in [2.05, 4.69) is 5.32 Å². The van der Waals surface area contributed by atoms with Crippen molar-refractivity contribution in [2.75, 3.05) is 31.6 Å². The summed E-state index contributed by atoms with van der Waals surface area (Å²) >= 11 is 0. The third kappa shape index (κ3) is 4.06. The van der Waals surface area contributed by atoms with Crippen LogP contribution in [0.5, 0.6) is 5.75 Å². The molecule has 0 aromatic heterocycles. The quantitative estimate of drug-likeness (QED) is 0.912. The minimum absolute atomic E-state index is 0.0973. The minimum atomic E-state index is -0.0973. The maximum atomic E-state index is 12.6. The average Bonchev–Trinajstić information content (AvgIpc) is 3.03. The summed E-state index contributed by atoms with van der Waals surface area (Å²) in [6, 6.07) is 5.74. The molecule has 1 N–H and O–H groups in total. The molecule has 3 amide bonds. The summed E-state index contributed by atoms with van der Waals surface area (Å²) in [5.41, 5.74) is 1.77. The molecule has 136 valence electrons. The number of carbonyl (C=O) groups is 2. The predicted octanol–water partition coefficient (Wildman–Crippen LogP) is 3.01. The zero-order valence-corrected chi connectivity index (χ0v) is 15.1. The van der Waals surface area contributed by atoms with Crippen LogP contribution in [0.1, 0.15) is 38.2 Å². The summed E-state index contributed by atoms with van der Waals surface area (Å²) in [5.74, 6) is 1.07. The Hall–Kier alpha value is -2.24. The lowest BCUT2D eigenvalue weighted by Crippen LogP contribution is -2.51. The Morgan fingerprint density at radius 2 is 2.16 bits per heavy atom. The van der Waals surface area contributed by atoms with Crippen molar-refractivity contribution >= 4 is 17.6 Å². The van der Waals surface area contributed by atoms with Gasteiger partial charge in [-0.3, -0.25) is 4.79 Å². The first-order valence-corrected chi connectivity index (χ1v) is 9.17. The number of nitrogens with one attached hydrogen (secondary N) is 1. The third-order valence-electron chi connectivity index (χ3n) is 4.96. The van der Waals surface area contributed by atoms with Crippen LogP contribution in [0.15, 0.2) is 18.2 Å². The van der Waals surface area contributed by atoms with E-state index < -0.39 is 0 Å². The number of hydrogen-bond donors (Lipinski definition) is 1. The summed E-state index contributed by atoms with van der Waals surface area (Å²) in [6.07, 6.45) is 3.50. The van der Waals surface area contributed by atoms with Crippen LogP contribution in [0.4, 0.5) is 10.5 Å². The summed E-state index contributed by atoms with van der Waals surface area (Å²) in [7, 11) is 0. The third-order valence-corrected chi connectivity index (χ3v) is 4.96. The Morgan fingerprint density at radius 3 is 2.84 bits per heavy atom. The lowest BCUT2D eigenvalue weighted by Gasteiger charge is -2.37. The smallest absolute Gasteiger partial charge is 0.321 e. The molecule has 1 atom stereocenters. The number of likely N-dealkylation sites (tertiary alicyclic amines) is 2. The highest BCUT2D eigenvalue weighted by Crippen LogP contribution is 2.24. The Kier molecular flexibility index (Phi) is 5.46. The van der Waals surface area contributed by atoms with Crippen molar-refractivity contribution in [1.82, 2.24) is 9.80 Å². The SMILES string of the molecule is CCOc1ccc(NC(=O)N2CCCC(N3CCCC3=O)C2)cc1C. The molecule has 0 saturated carbocycles. The van der Waals surface area contributed by atoms with Gasteiger partial charge < -0.3 is 19.9 Å². The van der Waals surface area contributed by atoms with Crippen LogP contribution in [0.2, 0.25) is 0 Å². The van der Waals surface area contributed by atoms with Crippen molar-refractivity contribution in [2.45, 2.75) is 45.6 Å². The normalized spacial score (nSPS) is 20.7. The zero-order valence-electron chi connectivity index (χ0n) is 15.1. The molecule has 0 bridgehead atoms. The van der Waals surface area contributed by atoms with E-state index in [1.54, 1.807) is 0 Å². The van der Waals surface area contributed by atoms with Gasteiger partial charge in [0.05, 0.1) is 6.61 Å². The first-order valence-electron chi connectivity index (χ1n) is 9.17. The number of nitrogens with zero attached hydrogens (tertiary/aromatic N) is 2. The molecule has 6 nitrogen and oxygen atoms in total. The van der Waals surface area contributed by atoms with E-state index in [1.807, 2.05) is 41.8 Å². The molecule has 0 spiro atoms. The summed E-state index contributed by atoms with van der Waals surface area (Å²) < 4.78 is 5.53. The van der Waals surface area contributed by atoms with Gasteiger partial charge in [0.15, 0.2) is 0 Å². The van der Waals surface area contributed by atoms with Gasteiger partial charge in [0, 0.05) is 37.8 Å². The van der Waals surface area contributed by atoms with Crippen molar-refractivity contribution in [3.63, 3.8) is 0 Å². The molecule has 2 heterocycles. The lowest BCUT2D eigenvalue weighted by molar-refractivity contribution is -0.130. The molecule has 25 heavy (non-hydrogen) atoms. The van der Waals surface area contributed by atoms with Crippen molar-refractivity contribution in [1.29, 1.82) is 0 Å². The number of rotatable bonds is 4. The molecule has 2 fully saturated rings. The Labute approximate surface area is 149 Å². The Morgan fingerprint density at radius 1 is 1.32 bits per heavy atom. The van der Waals surface area contributed by atoms with Crippen LogP contribution < -0.4 is 10.1 Å². The number of anilines is 1. The maximum absolute atomic E-state index is 12.6. The topological polar surface area (TPSA) is 61.9 Å². The summed E-state index contributed by atoms with van der Waals surface area (Å²) in [4.78, 5) is 28.4. The van der Waals surface area contributed by atoms with E-state index in [4.69, 9.17) is 4.74 Å². The number of amides is 3. The first kappa shape index (κ1) is 17.6. The highest BCUT2D eigenvalue weighted by Gasteiger charge is 2.32. The number of benzene rings is 1. The number of ether oxygens (including phenoxy) is 1. The standard InChI is InChI=1S/C19H27N3O3/c1-3-25-17-9-8-15(12-14(17)2)20-19(24)21-10-4-6-16(13-21)22-11-5-7-18(22)23/h8-9,12,16H,3-7,10-11,13H2,1-2H3,(H,20,24). The fourth-order valence-electron chi connectivity index (χ4n) is 3.70. The molecule has 1 aromatic carbocycles. The second-order valence-electron chi connectivity index (χ2n) is 6.78. The van der Waals surface area contributed by atoms with Gasteiger partial charge in [-0.05, 0) is 56.9 Å². The molecule has 0 radical (unpaired) electrons. The maximum Gasteiger partial charge on any atom is 0.321 e. The molecule has 2 aliphatic heterocycles. The monoisotopic (exact) mass is 345 g/mol. The van der Waals surface area contributed by atoms with E-state index in [9.17, 15) is 9.59 Å². The number of urea groups is 1. The van der Waals surface area contributed by atoms with Crippen molar-refractivity contribution in [3.05, 3.63) is 23.8 Å². The van der Waals surface area contributed by atoms with E-state index in [0.29, 0.717) is 19.6 Å². The van der Waals surface area contributed by atoms with Crippen LogP contribution in [-0.2, 0) is 4.79 Å². The first-order chi connectivity index (χ1) is 12.1. The van der Waals surface area contributed by atoms with E-state index in [1.165, 1.54) is 0 Å². The fourth-order valence-corrected chi connectivity index (χ4v) is 3.70. The van der Waals surface area contributed by atoms with Crippen molar-refractivity contribution < 1.29 is 14.3 Å². The van der Waals surface area contributed by atoms with Crippen LogP contribution in [0.25, 0.3) is 0 Å². The molecular formula is C19H27N3O3. The summed E-state index contributed by atoms with van der Waals surface area (Å²) in [6.45, 7) is 6.73. The van der Waals surface area contributed by atoms with E-state index >= 15 is 0 Å². The van der Waals surface area contributed by atoms with Gasteiger partial charge in [-0.1, -0.05) is 0 Å². The molecule has 0 aliphatic carbocycles. The van der Waals surface area contributed by atoms with Gasteiger partial charge in [0.2, 0.25) is 5.91 Å². The summed E-state index contributed by atoms with van der Waals surface area (Å²) in [5, 5.41) is 2.97. The number of aryl methyl sites for hydroxylation is 1. The van der Waals surface area contributed by atoms with Gasteiger partial charge in [0.25, 0.3) is 0 Å². The van der Waals surface area contributed by atoms with Gasteiger partial charge in [0.1, 0.15) is 5.75 Å². The molecule has 3 rings (SSSR count). The Balaban J connectivity index is 1.60. The molecule has 2 saturated heterocycles. The lowest BCUT2D eigenvalue weighted by atomic mass is 10.0. The van der Waals surface area contributed by atoms with Gasteiger partial charge in [-0.15, -0.1) is 0 Å². The number of hydrogen-bond acceptors (Lipinski definition) is 3. The fraction of sp³-hybridized carbons (Fsp3) is 0.579. The van der Waals surface area contributed by atoms with Crippen LogP contribution in [0, 0.1) is 6.92 Å².